The fourth-order valence-corrected chi connectivity index (χ4v) is 15.6. The number of nitrogens with zero attached hydrogens (tertiary/aromatic N) is 3. The Morgan fingerprint density at radius 2 is 0.542 bits per heavy atom. The van der Waals surface area contributed by atoms with E-state index in [-0.39, 0.29) is 0 Å². The van der Waals surface area contributed by atoms with Gasteiger partial charge in [-0.15, -0.1) is 0 Å². The lowest BCUT2D eigenvalue weighted by molar-refractivity contribution is 0.665. The topological polar surface area (TPSA) is 36.0 Å². The first-order chi connectivity index (χ1) is 47.6. The largest absolute Gasteiger partial charge is 0.455 e. The summed E-state index contributed by atoms with van der Waals surface area (Å²) in [6.07, 6.45) is 0. The summed E-state index contributed by atoms with van der Waals surface area (Å²) in [7, 11) is 0. The zero-order valence-corrected chi connectivity index (χ0v) is 52.2. The van der Waals surface area contributed by atoms with Crippen LogP contribution in [0.2, 0.25) is 0 Å². The molecule has 3 heterocycles. The normalized spacial score (nSPS) is 12.6. The lowest BCUT2D eigenvalue weighted by Gasteiger charge is -2.45. The van der Waals surface area contributed by atoms with E-state index in [0.29, 0.717) is 0 Å². The zero-order chi connectivity index (χ0) is 63.3. The molecule has 0 atom stereocenters. The van der Waals surface area contributed by atoms with Crippen molar-refractivity contribution in [3.05, 3.63) is 380 Å². The van der Waals surface area contributed by atoms with Crippen LogP contribution in [0.1, 0.15) is 22.3 Å². The van der Waals surface area contributed by atoms with Crippen LogP contribution in [0.15, 0.2) is 367 Å². The summed E-state index contributed by atoms with van der Waals surface area (Å²) in [5.74, 6) is 0. The van der Waals surface area contributed by atoms with E-state index >= 15 is 0 Å². The number of para-hydroxylation sites is 7. The Balaban J connectivity index is 0.900. The van der Waals surface area contributed by atoms with Crippen LogP contribution in [0.3, 0.4) is 0 Å². The maximum atomic E-state index is 7.66. The van der Waals surface area contributed by atoms with Gasteiger partial charge in [-0.3, -0.25) is 0 Å². The highest BCUT2D eigenvalue weighted by molar-refractivity contribution is 6.25. The molecule has 1 spiro atoms. The van der Waals surface area contributed by atoms with Gasteiger partial charge in [0.1, 0.15) is 22.3 Å². The molecule has 15 aromatic carbocycles. The predicted molar refractivity (Wildman–Crippen MR) is 398 cm³/mol. The van der Waals surface area contributed by atoms with E-state index in [4.69, 9.17) is 8.83 Å². The molecule has 0 N–H and O–H groups in total. The van der Waals surface area contributed by atoms with E-state index in [1.807, 2.05) is 0 Å². The molecule has 0 bridgehead atoms. The van der Waals surface area contributed by atoms with E-state index in [2.05, 4.69) is 373 Å². The van der Waals surface area contributed by atoms with Gasteiger partial charge in [-0.25, -0.2) is 0 Å². The Morgan fingerprint density at radius 1 is 0.250 bits per heavy atom. The van der Waals surface area contributed by atoms with E-state index < -0.39 is 5.41 Å². The molecule has 5 nitrogen and oxygen atoms in total. The van der Waals surface area contributed by atoms with Gasteiger partial charge < -0.3 is 23.5 Å². The fourth-order valence-electron chi connectivity index (χ4n) is 15.6. The van der Waals surface area contributed by atoms with Gasteiger partial charge >= 0.3 is 0 Å². The molecule has 1 aliphatic carbocycles. The third kappa shape index (κ3) is 8.57. The molecule has 0 unspecified atom stereocenters. The van der Waals surface area contributed by atoms with Gasteiger partial charge in [0.2, 0.25) is 0 Å². The van der Waals surface area contributed by atoms with Crippen molar-refractivity contribution in [3.63, 3.8) is 0 Å². The van der Waals surface area contributed by atoms with Gasteiger partial charge in [-0.05, 0) is 164 Å². The Morgan fingerprint density at radius 3 is 0.927 bits per heavy atom. The molecule has 450 valence electrons. The summed E-state index contributed by atoms with van der Waals surface area (Å²) in [5, 5.41) is 4.06. The lowest BCUT2D eigenvalue weighted by atomic mass is 9.64. The maximum Gasteiger partial charge on any atom is 0.145 e. The van der Waals surface area contributed by atoms with Crippen LogP contribution < -0.4 is 14.7 Å². The van der Waals surface area contributed by atoms with Gasteiger partial charge in [0.15, 0.2) is 0 Å². The van der Waals surface area contributed by atoms with E-state index in [0.717, 1.165) is 151 Å². The van der Waals surface area contributed by atoms with E-state index in [1.54, 1.807) is 0 Å². The molecular weight excluding hydrogens is 1170 g/mol. The van der Waals surface area contributed by atoms with Crippen LogP contribution >= 0.6 is 0 Å². The molecule has 0 saturated heterocycles. The Bertz CT molecular complexity index is 5450. The summed E-state index contributed by atoms with van der Waals surface area (Å²) in [5.41, 5.74) is 27.3. The minimum Gasteiger partial charge on any atom is -0.455 e. The fraction of sp³-hybridized carbons (Fsp3) is 0.0110. The van der Waals surface area contributed by atoms with Crippen molar-refractivity contribution in [2.45, 2.75) is 5.41 Å². The molecule has 0 fully saturated rings. The standard InChI is InChI=1S/C91H59N3O2/c1-6-24-60(25-7-1)62-42-46-64(47-43-62)66-50-54-71(55-51-66)92(68-28-10-3-11-29-68)81-58-77-87(89-85(81)73-34-16-22-40-83(73)95-89)88-78(91(77)75-36-18-20-38-79(75)94(70-32-14-5-15-33-70)80-39-21-19-37-76(80)91)59-82(86-74-35-17-23-41-84(74)96-90(86)88)93(69-30-12-4-13-31-69)72-56-52-67(53-57-72)65-48-44-63(45-49-65)61-26-8-2-9-27-61/h1-59H. The van der Waals surface area contributed by atoms with Crippen LogP contribution in [0.25, 0.3) is 99.5 Å². The van der Waals surface area contributed by atoms with Crippen molar-refractivity contribution in [2.75, 3.05) is 14.7 Å². The first-order valence-electron chi connectivity index (χ1n) is 32.9. The number of hydrogen-bond acceptors (Lipinski definition) is 5. The molecule has 0 radical (unpaired) electrons. The maximum absolute atomic E-state index is 7.66. The Labute approximate surface area is 556 Å². The van der Waals surface area contributed by atoms with Crippen molar-refractivity contribution < 1.29 is 8.83 Å². The number of furan rings is 2. The molecule has 17 aromatic rings. The number of anilines is 9. The van der Waals surface area contributed by atoms with Crippen molar-refractivity contribution in [3.8, 4) is 55.6 Å². The highest BCUT2D eigenvalue weighted by Crippen LogP contribution is 2.68. The second-order valence-corrected chi connectivity index (χ2v) is 25.0. The smallest absolute Gasteiger partial charge is 0.145 e. The highest BCUT2D eigenvalue weighted by atomic mass is 16.3. The molecular formula is C91H59N3O2. The molecule has 2 aromatic heterocycles. The summed E-state index contributed by atoms with van der Waals surface area (Å²) in [6.45, 7) is 0. The predicted octanol–water partition coefficient (Wildman–Crippen LogP) is 25.2. The van der Waals surface area contributed by atoms with Gasteiger partial charge in [0.25, 0.3) is 0 Å². The highest BCUT2D eigenvalue weighted by Gasteiger charge is 2.55. The Kier molecular flexibility index (Phi) is 12.8. The van der Waals surface area contributed by atoms with Crippen LogP contribution in [-0.2, 0) is 5.41 Å². The summed E-state index contributed by atoms with van der Waals surface area (Å²) < 4.78 is 15.3. The van der Waals surface area contributed by atoms with Crippen LogP contribution in [0.5, 0.6) is 0 Å². The molecule has 19 rings (SSSR count). The van der Waals surface area contributed by atoms with Gasteiger partial charge in [-0.1, -0.05) is 261 Å². The lowest BCUT2D eigenvalue weighted by Crippen LogP contribution is -2.36. The number of rotatable bonds is 11. The number of fused-ring (bicyclic) bond motifs is 17. The third-order valence-corrected chi connectivity index (χ3v) is 19.8. The molecule has 0 saturated carbocycles. The van der Waals surface area contributed by atoms with Crippen molar-refractivity contribution in [2.24, 2.45) is 0 Å². The van der Waals surface area contributed by atoms with Crippen molar-refractivity contribution >= 4 is 95.1 Å². The van der Waals surface area contributed by atoms with Crippen molar-refractivity contribution in [1.82, 2.24) is 0 Å². The molecule has 0 amide bonds. The molecule has 2 aliphatic rings. The Hall–Kier alpha value is -12.7. The zero-order valence-electron chi connectivity index (χ0n) is 52.2. The summed E-state index contributed by atoms with van der Waals surface area (Å²) >= 11 is 0. The molecule has 96 heavy (non-hydrogen) atoms. The second-order valence-electron chi connectivity index (χ2n) is 25.0. The second kappa shape index (κ2) is 22.3. The monoisotopic (exact) mass is 1230 g/mol. The van der Waals surface area contributed by atoms with Gasteiger partial charge in [-0.2, -0.15) is 0 Å². The SMILES string of the molecule is c1ccc(-c2ccc(-c3ccc(N(c4ccccc4)c4cc5c(c6oc7ccccc7c46)-c4c(cc(N(c6ccccc6)c6ccc(-c7ccc(-c8ccccc8)cc7)cc6)c6c4oc4ccccc46)C54c5ccccc5N(c5ccccc5)c5ccccc54)cc3)cc2)cc1. The van der Waals surface area contributed by atoms with Crippen LogP contribution in [0.4, 0.5) is 51.2 Å². The van der Waals surface area contributed by atoms with Crippen molar-refractivity contribution in [1.29, 1.82) is 0 Å². The third-order valence-electron chi connectivity index (χ3n) is 19.8. The van der Waals surface area contributed by atoms with Crippen LogP contribution in [0, 0.1) is 0 Å². The first-order valence-corrected chi connectivity index (χ1v) is 32.9. The summed E-state index contributed by atoms with van der Waals surface area (Å²) in [4.78, 5) is 7.34. The average molecular weight is 1230 g/mol. The van der Waals surface area contributed by atoms with Crippen LogP contribution in [-0.4, -0.2) is 0 Å². The summed E-state index contributed by atoms with van der Waals surface area (Å²) in [6, 6.07) is 130. The van der Waals surface area contributed by atoms with E-state index in [9.17, 15) is 0 Å². The quantitative estimate of drug-likeness (QED) is 0.129. The number of benzene rings is 15. The van der Waals surface area contributed by atoms with E-state index in [1.165, 1.54) is 22.3 Å². The molecule has 5 heteroatoms. The average Bonchev–Trinajstić information content (AvgIpc) is 1.48. The minimum atomic E-state index is -0.997. The van der Waals surface area contributed by atoms with Gasteiger partial charge in [0, 0.05) is 50.3 Å². The molecule has 1 aliphatic heterocycles. The minimum absolute atomic E-state index is 0.792. The number of hydrogen-bond donors (Lipinski definition) is 0. The first kappa shape index (κ1) is 55.0. The van der Waals surface area contributed by atoms with Gasteiger partial charge in [0.05, 0.1) is 38.9 Å².